The molecule has 0 unspecified atom stereocenters. The van der Waals surface area contributed by atoms with Crippen molar-refractivity contribution in [1.82, 2.24) is 10.1 Å². The summed E-state index contributed by atoms with van der Waals surface area (Å²) < 4.78 is 4.88. The van der Waals surface area contributed by atoms with Crippen molar-refractivity contribution in [3.05, 3.63) is 64.5 Å². The molecule has 5 nitrogen and oxygen atoms in total. The highest BCUT2D eigenvalue weighted by atomic mass is 32.1. The van der Waals surface area contributed by atoms with E-state index in [1.54, 1.807) is 19.2 Å². The Hall–Kier alpha value is -2.47. The van der Waals surface area contributed by atoms with E-state index >= 15 is 0 Å². The molecule has 1 amide bonds. The number of nitrogens with zero attached hydrogens (tertiary/aromatic N) is 2. The first-order valence-electron chi connectivity index (χ1n) is 6.44. The van der Waals surface area contributed by atoms with Crippen LogP contribution in [0.3, 0.4) is 0 Å². The number of thiazole rings is 1. The third kappa shape index (κ3) is 3.35. The van der Waals surface area contributed by atoms with E-state index in [1.165, 1.54) is 16.9 Å². The number of carbonyl (C=O) groups is 1. The zero-order valence-electron chi connectivity index (χ0n) is 11.4. The molecular formula is C15H13N3O2S. The van der Waals surface area contributed by atoms with Crippen molar-refractivity contribution in [3.63, 3.8) is 0 Å². The van der Waals surface area contributed by atoms with Crippen molar-refractivity contribution >= 4 is 22.4 Å². The first-order valence-corrected chi connectivity index (χ1v) is 7.25. The Labute approximate surface area is 125 Å². The molecule has 1 N–H and O–H groups in total. The van der Waals surface area contributed by atoms with Crippen LogP contribution in [0.25, 0.3) is 0 Å². The lowest BCUT2D eigenvalue weighted by molar-refractivity contribution is 0.101. The Morgan fingerprint density at radius 1 is 1.33 bits per heavy atom. The summed E-state index contributed by atoms with van der Waals surface area (Å²) >= 11 is 1.46. The summed E-state index contributed by atoms with van der Waals surface area (Å²) in [6.07, 6.45) is 2.58. The third-order valence-corrected chi connectivity index (χ3v) is 3.77. The van der Waals surface area contributed by atoms with Gasteiger partial charge in [-0.2, -0.15) is 0 Å². The fraction of sp³-hybridized carbons (Fsp3) is 0.133. The van der Waals surface area contributed by atoms with Gasteiger partial charge in [-0.3, -0.25) is 10.1 Å². The van der Waals surface area contributed by atoms with Gasteiger partial charge in [0.1, 0.15) is 5.76 Å². The van der Waals surface area contributed by atoms with Crippen LogP contribution < -0.4 is 5.32 Å². The maximum atomic E-state index is 11.9. The van der Waals surface area contributed by atoms with Crippen LogP contribution in [-0.2, 0) is 6.42 Å². The van der Waals surface area contributed by atoms with E-state index in [1.807, 2.05) is 18.2 Å². The number of rotatable bonds is 4. The maximum Gasteiger partial charge on any atom is 0.279 e. The largest absolute Gasteiger partial charge is 0.361 e. The molecule has 0 saturated heterocycles. The summed E-state index contributed by atoms with van der Waals surface area (Å²) in [5.41, 5.74) is 1.47. The van der Waals surface area contributed by atoms with E-state index in [-0.39, 0.29) is 11.6 Å². The minimum atomic E-state index is -0.313. The Balaban J connectivity index is 1.66. The summed E-state index contributed by atoms with van der Waals surface area (Å²) in [6, 6.07) is 11.7. The van der Waals surface area contributed by atoms with Crippen molar-refractivity contribution < 1.29 is 9.32 Å². The number of aryl methyl sites for hydroxylation is 1. The number of hydrogen-bond acceptors (Lipinski definition) is 5. The zero-order valence-corrected chi connectivity index (χ0v) is 12.2. The normalized spacial score (nSPS) is 10.5. The van der Waals surface area contributed by atoms with Gasteiger partial charge in [0.25, 0.3) is 5.91 Å². The monoisotopic (exact) mass is 299 g/mol. The average Bonchev–Trinajstić information content (AvgIpc) is 3.09. The minimum Gasteiger partial charge on any atom is -0.361 e. The van der Waals surface area contributed by atoms with Crippen molar-refractivity contribution in [3.8, 4) is 0 Å². The summed E-state index contributed by atoms with van der Waals surface area (Å²) in [7, 11) is 0. The van der Waals surface area contributed by atoms with Crippen LogP contribution in [0.4, 0.5) is 5.13 Å². The second-order valence-corrected chi connectivity index (χ2v) is 5.69. The smallest absolute Gasteiger partial charge is 0.279 e. The van der Waals surface area contributed by atoms with Gasteiger partial charge in [0.05, 0.1) is 0 Å². The van der Waals surface area contributed by atoms with Crippen molar-refractivity contribution in [2.75, 3.05) is 5.32 Å². The molecule has 2 aromatic heterocycles. The van der Waals surface area contributed by atoms with Gasteiger partial charge in [0.15, 0.2) is 10.8 Å². The molecule has 0 saturated carbocycles. The van der Waals surface area contributed by atoms with Crippen LogP contribution in [0.1, 0.15) is 26.7 Å². The van der Waals surface area contributed by atoms with Crippen LogP contribution in [-0.4, -0.2) is 16.0 Å². The Bertz CT molecular complexity index is 749. The molecule has 0 aliphatic carbocycles. The lowest BCUT2D eigenvalue weighted by Gasteiger charge is -1.97. The number of amides is 1. The van der Waals surface area contributed by atoms with E-state index < -0.39 is 0 Å². The number of benzene rings is 1. The van der Waals surface area contributed by atoms with Crippen LogP contribution in [0.5, 0.6) is 0 Å². The van der Waals surface area contributed by atoms with Gasteiger partial charge in [-0.15, -0.1) is 11.3 Å². The fourth-order valence-electron chi connectivity index (χ4n) is 1.88. The highest BCUT2D eigenvalue weighted by Gasteiger charge is 2.13. The van der Waals surface area contributed by atoms with Crippen LogP contribution in [0.15, 0.2) is 47.1 Å². The predicted molar refractivity (Wildman–Crippen MR) is 80.6 cm³/mol. The zero-order chi connectivity index (χ0) is 14.7. The summed E-state index contributed by atoms with van der Waals surface area (Å²) in [4.78, 5) is 17.2. The topological polar surface area (TPSA) is 68.0 Å². The summed E-state index contributed by atoms with van der Waals surface area (Å²) in [6.45, 7) is 1.74. The summed E-state index contributed by atoms with van der Waals surface area (Å²) in [5.74, 6) is 0.288. The lowest BCUT2D eigenvalue weighted by atomic mass is 10.1. The first kappa shape index (κ1) is 13.5. The van der Waals surface area contributed by atoms with Crippen LogP contribution in [0.2, 0.25) is 0 Å². The molecule has 0 fully saturated rings. The highest BCUT2D eigenvalue weighted by Crippen LogP contribution is 2.21. The molecule has 2 heterocycles. The van der Waals surface area contributed by atoms with E-state index in [0.29, 0.717) is 10.9 Å². The Morgan fingerprint density at radius 2 is 2.14 bits per heavy atom. The second-order valence-electron chi connectivity index (χ2n) is 4.57. The van der Waals surface area contributed by atoms with Gasteiger partial charge in [-0.1, -0.05) is 35.5 Å². The molecule has 1 aromatic carbocycles. The molecule has 0 radical (unpaired) electrons. The van der Waals surface area contributed by atoms with Crippen molar-refractivity contribution in [2.45, 2.75) is 13.3 Å². The van der Waals surface area contributed by atoms with Crippen molar-refractivity contribution in [1.29, 1.82) is 0 Å². The highest BCUT2D eigenvalue weighted by molar-refractivity contribution is 7.15. The van der Waals surface area contributed by atoms with Crippen LogP contribution in [0, 0.1) is 6.92 Å². The molecule has 0 atom stereocenters. The van der Waals surface area contributed by atoms with Gasteiger partial charge in [-0.05, 0) is 12.5 Å². The maximum absolute atomic E-state index is 11.9. The lowest BCUT2D eigenvalue weighted by Crippen LogP contribution is -2.11. The van der Waals surface area contributed by atoms with Gasteiger partial charge in [-0.25, -0.2) is 4.98 Å². The first-order chi connectivity index (χ1) is 10.2. The molecule has 0 spiro atoms. The van der Waals surface area contributed by atoms with E-state index in [4.69, 9.17) is 4.52 Å². The number of anilines is 1. The van der Waals surface area contributed by atoms with Gasteiger partial charge < -0.3 is 4.52 Å². The fourth-order valence-corrected chi connectivity index (χ4v) is 2.72. The number of aromatic nitrogens is 2. The van der Waals surface area contributed by atoms with E-state index in [0.717, 1.165) is 11.3 Å². The Kier molecular flexibility index (Phi) is 3.79. The molecular weight excluding hydrogens is 286 g/mol. The number of carbonyl (C=O) groups excluding carboxylic acids is 1. The molecule has 3 rings (SSSR count). The quantitative estimate of drug-likeness (QED) is 0.802. The number of hydrogen-bond donors (Lipinski definition) is 1. The van der Waals surface area contributed by atoms with Gasteiger partial charge in [0.2, 0.25) is 0 Å². The second kappa shape index (κ2) is 5.88. The molecule has 6 heteroatoms. The third-order valence-electron chi connectivity index (χ3n) is 2.86. The summed E-state index contributed by atoms with van der Waals surface area (Å²) in [5, 5.41) is 6.96. The van der Waals surface area contributed by atoms with Crippen LogP contribution >= 0.6 is 11.3 Å². The standard InChI is InChI=1S/C15H13N3O2S/c1-10-7-13(18-20-10)14(19)17-15-16-9-12(21-15)8-11-5-3-2-4-6-11/h2-7,9H,8H2,1H3,(H,16,17,19). The minimum absolute atomic E-state index is 0.257. The van der Waals surface area contributed by atoms with E-state index in [2.05, 4.69) is 27.6 Å². The number of nitrogens with one attached hydrogen (secondary N) is 1. The Morgan fingerprint density at radius 3 is 2.86 bits per heavy atom. The SMILES string of the molecule is Cc1cc(C(=O)Nc2ncc(Cc3ccccc3)s2)no1. The van der Waals surface area contributed by atoms with E-state index in [9.17, 15) is 4.79 Å². The molecule has 106 valence electrons. The molecule has 3 aromatic rings. The predicted octanol–water partition coefficient (Wildman–Crippen LogP) is 3.28. The molecule has 0 bridgehead atoms. The molecule has 0 aliphatic heterocycles. The van der Waals surface area contributed by atoms with Gasteiger partial charge >= 0.3 is 0 Å². The van der Waals surface area contributed by atoms with Gasteiger partial charge in [0, 0.05) is 23.6 Å². The molecule has 21 heavy (non-hydrogen) atoms. The van der Waals surface area contributed by atoms with Crippen molar-refractivity contribution in [2.24, 2.45) is 0 Å². The molecule has 0 aliphatic rings. The average molecular weight is 299 g/mol.